The minimum Gasteiger partial charge on any atom is -0.479 e. The second-order valence-electron chi connectivity index (χ2n) is 11.9. The van der Waals surface area contributed by atoms with E-state index in [-0.39, 0.29) is 32.4 Å². The molecular formula is C24H46N4O8. The van der Waals surface area contributed by atoms with Crippen LogP contribution in [-0.4, -0.2) is 81.5 Å². The first-order valence-electron chi connectivity index (χ1n) is 11.9. The van der Waals surface area contributed by atoms with Crippen molar-refractivity contribution in [3.63, 3.8) is 0 Å². The van der Waals surface area contributed by atoms with Crippen LogP contribution in [-0.2, 0) is 33.4 Å². The highest BCUT2D eigenvalue weighted by atomic mass is 16.6. The van der Waals surface area contributed by atoms with Crippen molar-refractivity contribution in [1.29, 1.82) is 0 Å². The summed E-state index contributed by atoms with van der Waals surface area (Å²) < 4.78 is 15.8. The number of hydrogen-bond acceptors (Lipinski definition) is 11. The van der Waals surface area contributed by atoms with Gasteiger partial charge in [0.2, 0.25) is 0 Å². The maximum absolute atomic E-state index is 12.5. The van der Waals surface area contributed by atoms with Gasteiger partial charge in [-0.1, -0.05) is 0 Å². The molecule has 0 bridgehead atoms. The number of nitrogens with zero attached hydrogens (tertiary/aromatic N) is 1. The van der Waals surface area contributed by atoms with Gasteiger partial charge in [-0.3, -0.25) is 19.3 Å². The van der Waals surface area contributed by atoms with E-state index in [1.165, 1.54) is 0 Å². The second kappa shape index (κ2) is 12.8. The summed E-state index contributed by atoms with van der Waals surface area (Å²) in [4.78, 5) is 50.6. The van der Waals surface area contributed by atoms with E-state index in [2.05, 4.69) is 0 Å². The first-order valence-corrected chi connectivity index (χ1v) is 11.9. The zero-order chi connectivity index (χ0) is 28.7. The highest BCUT2D eigenvalue weighted by Gasteiger charge is 2.43. The van der Waals surface area contributed by atoms with Gasteiger partial charge >= 0.3 is 23.9 Å². The Morgan fingerprint density at radius 3 is 1.42 bits per heavy atom. The molecule has 12 heteroatoms. The Morgan fingerprint density at radius 1 is 0.750 bits per heavy atom. The molecule has 0 heterocycles. The third-order valence-electron chi connectivity index (χ3n) is 4.55. The Kier molecular flexibility index (Phi) is 12.0. The van der Waals surface area contributed by atoms with Crippen LogP contribution < -0.4 is 17.2 Å². The number of carbonyl (C=O) groups is 4. The summed E-state index contributed by atoms with van der Waals surface area (Å²) in [5.74, 6) is -3.52. The average Bonchev–Trinajstić information content (AvgIpc) is 2.62. The van der Waals surface area contributed by atoms with E-state index in [0.717, 1.165) is 4.90 Å². The van der Waals surface area contributed by atoms with Crippen molar-refractivity contribution >= 4 is 23.9 Å². The van der Waals surface area contributed by atoms with Gasteiger partial charge in [0.1, 0.15) is 28.9 Å². The predicted octanol–water partition coefficient (Wildman–Crippen LogP) is 0.878. The van der Waals surface area contributed by atoms with Crippen molar-refractivity contribution in [3.8, 4) is 0 Å². The summed E-state index contributed by atoms with van der Waals surface area (Å²) in [6, 6.07) is -2.58. The van der Waals surface area contributed by atoms with E-state index < -0.39 is 58.4 Å². The van der Waals surface area contributed by atoms with Crippen LogP contribution in [0.1, 0.15) is 81.6 Å². The zero-order valence-corrected chi connectivity index (χ0v) is 23.2. The molecule has 0 aliphatic heterocycles. The third kappa shape index (κ3) is 13.1. The Labute approximate surface area is 214 Å². The molecule has 0 aliphatic carbocycles. The fraction of sp³-hybridized carbons (Fsp3) is 0.833. The van der Waals surface area contributed by atoms with Crippen molar-refractivity contribution < 1.29 is 38.5 Å². The van der Waals surface area contributed by atoms with Gasteiger partial charge in [0.25, 0.3) is 0 Å². The fourth-order valence-electron chi connectivity index (χ4n) is 3.07. The fourth-order valence-corrected chi connectivity index (χ4v) is 3.07. The average molecular weight is 519 g/mol. The van der Waals surface area contributed by atoms with Gasteiger partial charge in [0, 0.05) is 19.5 Å². The lowest BCUT2D eigenvalue weighted by molar-refractivity contribution is -0.163. The molecule has 3 atom stereocenters. The summed E-state index contributed by atoms with van der Waals surface area (Å²) >= 11 is 0. The molecule has 0 rings (SSSR count). The Morgan fingerprint density at radius 2 is 1.11 bits per heavy atom. The van der Waals surface area contributed by atoms with Gasteiger partial charge in [0.05, 0.1) is 0 Å². The molecule has 2 unspecified atom stereocenters. The van der Waals surface area contributed by atoms with Crippen LogP contribution in [0.3, 0.4) is 0 Å². The van der Waals surface area contributed by atoms with Crippen LogP contribution in [0.25, 0.3) is 0 Å². The molecular weight excluding hydrogens is 472 g/mol. The third-order valence-corrected chi connectivity index (χ3v) is 4.55. The summed E-state index contributed by atoms with van der Waals surface area (Å²) in [5, 5.41) is 10.0. The number of ether oxygens (including phenoxy) is 3. The zero-order valence-electron chi connectivity index (χ0n) is 23.2. The lowest BCUT2D eigenvalue weighted by Crippen LogP contribution is -2.67. The molecule has 0 aromatic rings. The van der Waals surface area contributed by atoms with E-state index in [9.17, 15) is 24.3 Å². The van der Waals surface area contributed by atoms with Crippen LogP contribution in [0.15, 0.2) is 0 Å². The summed E-state index contributed by atoms with van der Waals surface area (Å²) in [7, 11) is 0. The van der Waals surface area contributed by atoms with E-state index in [1.54, 1.807) is 62.3 Å². The first-order chi connectivity index (χ1) is 16.0. The number of nitrogens with two attached hydrogens (primary N) is 3. The topological polar surface area (TPSA) is 197 Å². The second-order valence-corrected chi connectivity index (χ2v) is 11.9. The lowest BCUT2D eigenvalue weighted by Gasteiger charge is -2.40. The largest absolute Gasteiger partial charge is 0.479 e. The molecule has 210 valence electrons. The highest BCUT2D eigenvalue weighted by molar-refractivity contribution is 5.80. The number of rotatable bonds is 12. The molecule has 12 nitrogen and oxygen atoms in total. The standard InChI is InChI=1S/C24H46N4O8/c1-21(2,3)34-17(29)11-10-12-24(27,20(32)33)28(13-15(25)18(30)35-22(4,5)6)14-16(26)19(31)36-23(7,8)9/h15-16H,10-14,25-27H2,1-9H3,(H,32,33)/t15?,16?,24-/m0/s1. The van der Waals surface area contributed by atoms with Crippen LogP contribution in [0.4, 0.5) is 0 Å². The molecule has 0 aliphatic rings. The van der Waals surface area contributed by atoms with E-state index >= 15 is 0 Å². The molecule has 0 aromatic heterocycles. The minimum atomic E-state index is -2.11. The van der Waals surface area contributed by atoms with E-state index in [4.69, 9.17) is 31.4 Å². The number of carboxylic acids is 1. The van der Waals surface area contributed by atoms with Crippen LogP contribution in [0.5, 0.6) is 0 Å². The van der Waals surface area contributed by atoms with Crippen LogP contribution in [0, 0.1) is 0 Å². The molecule has 0 radical (unpaired) electrons. The van der Waals surface area contributed by atoms with Gasteiger partial charge < -0.3 is 36.5 Å². The monoisotopic (exact) mass is 518 g/mol. The molecule has 0 saturated heterocycles. The summed E-state index contributed by atoms with van der Waals surface area (Å²) in [5.41, 5.74) is 13.9. The highest BCUT2D eigenvalue weighted by Crippen LogP contribution is 2.21. The van der Waals surface area contributed by atoms with Crippen molar-refractivity contribution in [3.05, 3.63) is 0 Å². The summed E-state index contributed by atoms with van der Waals surface area (Å²) in [6.07, 6.45) is -0.255. The predicted molar refractivity (Wildman–Crippen MR) is 133 cm³/mol. The van der Waals surface area contributed by atoms with Crippen LogP contribution in [0.2, 0.25) is 0 Å². The van der Waals surface area contributed by atoms with E-state index in [1.807, 2.05) is 0 Å². The molecule has 0 spiro atoms. The number of hydrogen-bond donors (Lipinski definition) is 4. The van der Waals surface area contributed by atoms with Gasteiger partial charge in [-0.05, 0) is 75.2 Å². The molecule has 7 N–H and O–H groups in total. The van der Waals surface area contributed by atoms with Crippen molar-refractivity contribution in [2.75, 3.05) is 13.1 Å². The maximum atomic E-state index is 12.5. The maximum Gasteiger partial charge on any atom is 0.338 e. The molecule has 0 aromatic carbocycles. The number of aliphatic carboxylic acids is 1. The Hall–Kier alpha value is -2.28. The van der Waals surface area contributed by atoms with Gasteiger partial charge in [-0.2, -0.15) is 0 Å². The van der Waals surface area contributed by atoms with Gasteiger partial charge in [-0.25, -0.2) is 4.79 Å². The first kappa shape index (κ1) is 33.7. The summed E-state index contributed by atoms with van der Waals surface area (Å²) in [6.45, 7) is 14.4. The van der Waals surface area contributed by atoms with E-state index in [0.29, 0.717) is 0 Å². The van der Waals surface area contributed by atoms with Crippen molar-refractivity contribution in [2.45, 2.75) is 116 Å². The number of carbonyl (C=O) groups excluding carboxylic acids is 3. The number of esters is 3. The molecule has 36 heavy (non-hydrogen) atoms. The number of carboxylic acid groups (broad SMARTS) is 1. The smallest absolute Gasteiger partial charge is 0.338 e. The minimum absolute atomic E-state index is 0.0531. The van der Waals surface area contributed by atoms with Crippen LogP contribution >= 0.6 is 0 Å². The molecule has 0 fully saturated rings. The van der Waals surface area contributed by atoms with Gasteiger partial charge in [-0.15, -0.1) is 0 Å². The SMILES string of the molecule is CC(C)(C)OC(=O)CCC[C@@](N)(C(=O)O)N(CC(N)C(=O)OC(C)(C)C)CC(N)C(=O)OC(C)(C)C. The normalized spacial score (nSPS) is 16.0. The van der Waals surface area contributed by atoms with Crippen molar-refractivity contribution in [1.82, 2.24) is 4.90 Å². The molecule has 0 amide bonds. The molecule has 0 saturated carbocycles. The lowest BCUT2D eigenvalue weighted by atomic mass is 9.99. The quantitative estimate of drug-likeness (QED) is 0.162. The van der Waals surface area contributed by atoms with Crippen molar-refractivity contribution in [2.24, 2.45) is 17.2 Å². The van der Waals surface area contributed by atoms with Gasteiger partial charge in [0.15, 0.2) is 5.66 Å². The Balaban J connectivity index is 5.86. The Bertz CT molecular complexity index is 746.